The Morgan fingerprint density at radius 2 is 1.46 bits per heavy atom. The van der Waals surface area contributed by atoms with E-state index in [0.29, 0.717) is 22.3 Å². The second kappa shape index (κ2) is 7.93. The van der Waals surface area contributed by atoms with Gasteiger partial charge in [-0.25, -0.2) is 0 Å². The van der Waals surface area contributed by atoms with E-state index in [1.165, 1.54) is 0 Å². The number of benzene rings is 3. The van der Waals surface area contributed by atoms with E-state index in [0.717, 1.165) is 11.3 Å². The molecule has 1 saturated heterocycles. The second-order valence-electron chi connectivity index (χ2n) is 9.78. The van der Waals surface area contributed by atoms with Crippen LogP contribution in [0.4, 0.5) is 5.69 Å². The van der Waals surface area contributed by atoms with E-state index in [1.807, 2.05) is 65.6 Å². The Hall–Kier alpha value is -4.64. The molecule has 5 nitrogen and oxygen atoms in total. The molecule has 2 aliphatic heterocycles. The third kappa shape index (κ3) is 2.79. The van der Waals surface area contributed by atoms with E-state index < -0.39 is 23.4 Å². The first-order valence-electron chi connectivity index (χ1n) is 12.4. The van der Waals surface area contributed by atoms with Crippen LogP contribution in [0.15, 0.2) is 109 Å². The van der Waals surface area contributed by atoms with Crippen molar-refractivity contribution < 1.29 is 14.4 Å². The van der Waals surface area contributed by atoms with Gasteiger partial charge in [0.05, 0.1) is 6.04 Å². The maximum atomic E-state index is 14.5. The zero-order chi connectivity index (χ0) is 25.1. The number of para-hydroxylation sites is 1. The molecule has 0 bridgehead atoms. The number of aromatic nitrogens is 1. The first kappa shape index (κ1) is 21.6. The summed E-state index contributed by atoms with van der Waals surface area (Å²) in [5.41, 5.74) is 2.37. The van der Waals surface area contributed by atoms with Crippen LogP contribution >= 0.6 is 0 Å². The normalized spacial score (nSPS) is 22.6. The summed E-state index contributed by atoms with van der Waals surface area (Å²) in [6, 6.07) is 26.2. The van der Waals surface area contributed by atoms with Crippen molar-refractivity contribution in [3.8, 4) is 0 Å². The predicted octanol–water partition coefficient (Wildman–Crippen LogP) is 5.40. The third-order valence-corrected chi connectivity index (χ3v) is 8.08. The van der Waals surface area contributed by atoms with Crippen LogP contribution in [0, 0.1) is 5.41 Å². The molecule has 4 aromatic rings. The molecule has 1 fully saturated rings. The first-order valence-corrected chi connectivity index (χ1v) is 12.4. The number of carbonyl (C=O) groups excluding carboxylic acids is 3. The van der Waals surface area contributed by atoms with Gasteiger partial charge >= 0.3 is 0 Å². The number of nitrogens with zero attached hydrogens (tertiary/aromatic N) is 2. The zero-order valence-corrected chi connectivity index (χ0v) is 19.8. The standard InChI is InChI=1S/C32H22N2O3/c35-29(21-10-2-1-3-11-21)28-27(22-12-8-18-33-19-22)32(30(36)23-13-5-6-14-24(23)31(32)37)26-17-16-20-9-4-7-15-25(20)34(26)28/h1-19,26-28H/t26-,27+,28+/m1/s1. The SMILES string of the molecule is O=C(c1ccccc1)[C@@H]1[C@H](c2cccnc2)C2(C(=O)c3ccccc3C2=O)[C@H]2C=Cc3ccccc3N12. The van der Waals surface area contributed by atoms with Gasteiger partial charge in [-0.3, -0.25) is 19.4 Å². The average Bonchev–Trinajstić information content (AvgIpc) is 3.40. The Morgan fingerprint density at radius 1 is 0.784 bits per heavy atom. The smallest absolute Gasteiger partial charge is 0.185 e. The Morgan fingerprint density at radius 3 is 2.16 bits per heavy atom. The van der Waals surface area contributed by atoms with Crippen LogP contribution in [0.25, 0.3) is 6.08 Å². The van der Waals surface area contributed by atoms with Crippen molar-refractivity contribution >= 4 is 29.1 Å². The van der Waals surface area contributed by atoms with Crippen molar-refractivity contribution in [2.75, 3.05) is 4.90 Å². The number of ketones is 3. The van der Waals surface area contributed by atoms with Crippen LogP contribution in [0.3, 0.4) is 0 Å². The Labute approximate surface area is 214 Å². The molecule has 0 saturated carbocycles. The molecule has 1 aliphatic carbocycles. The fourth-order valence-corrected chi connectivity index (χ4v) is 6.62. The highest BCUT2D eigenvalue weighted by Crippen LogP contribution is 2.60. The number of hydrogen-bond donors (Lipinski definition) is 0. The number of anilines is 1. The minimum atomic E-state index is -1.49. The van der Waals surface area contributed by atoms with Crippen molar-refractivity contribution in [2.24, 2.45) is 5.41 Å². The van der Waals surface area contributed by atoms with Crippen LogP contribution in [-0.4, -0.2) is 34.4 Å². The first-order chi connectivity index (χ1) is 18.1. The number of pyridine rings is 1. The third-order valence-electron chi connectivity index (χ3n) is 8.08. The largest absolute Gasteiger partial charge is 0.352 e. The molecule has 1 aromatic heterocycles. The Balaban J connectivity index is 1.56. The van der Waals surface area contributed by atoms with E-state index in [9.17, 15) is 14.4 Å². The number of rotatable bonds is 3. The van der Waals surface area contributed by atoms with Gasteiger partial charge in [-0.15, -0.1) is 0 Å². The van der Waals surface area contributed by atoms with Crippen molar-refractivity contribution in [2.45, 2.75) is 18.0 Å². The molecule has 7 rings (SSSR count). The van der Waals surface area contributed by atoms with Gasteiger partial charge in [-0.05, 0) is 23.3 Å². The van der Waals surface area contributed by atoms with Crippen molar-refractivity contribution in [3.05, 3.63) is 137 Å². The summed E-state index contributed by atoms with van der Waals surface area (Å²) in [6.45, 7) is 0. The summed E-state index contributed by atoms with van der Waals surface area (Å²) >= 11 is 0. The summed E-state index contributed by atoms with van der Waals surface area (Å²) < 4.78 is 0. The fourth-order valence-electron chi connectivity index (χ4n) is 6.62. The molecule has 3 aliphatic rings. The second-order valence-corrected chi connectivity index (χ2v) is 9.78. The van der Waals surface area contributed by atoms with E-state index in [4.69, 9.17) is 0 Å². The van der Waals surface area contributed by atoms with Crippen molar-refractivity contribution in [1.82, 2.24) is 4.98 Å². The fraction of sp³-hybridized carbons (Fsp3) is 0.125. The lowest BCUT2D eigenvalue weighted by Crippen LogP contribution is -2.48. The van der Waals surface area contributed by atoms with Crippen LogP contribution in [0.2, 0.25) is 0 Å². The monoisotopic (exact) mass is 482 g/mol. The Bertz CT molecular complexity index is 1570. The molecule has 0 N–H and O–H groups in total. The number of carbonyl (C=O) groups is 3. The van der Waals surface area contributed by atoms with Gasteiger partial charge in [0.1, 0.15) is 11.5 Å². The van der Waals surface area contributed by atoms with Crippen LogP contribution in [0.5, 0.6) is 0 Å². The van der Waals surface area contributed by atoms with Crippen LogP contribution in [0.1, 0.15) is 48.1 Å². The quantitative estimate of drug-likeness (QED) is 0.289. The summed E-state index contributed by atoms with van der Waals surface area (Å²) in [7, 11) is 0. The molecule has 3 aromatic carbocycles. The molecule has 178 valence electrons. The van der Waals surface area contributed by atoms with Gasteiger partial charge in [-0.2, -0.15) is 0 Å². The summed E-state index contributed by atoms with van der Waals surface area (Å²) in [4.78, 5) is 49.7. The minimum absolute atomic E-state index is 0.127. The summed E-state index contributed by atoms with van der Waals surface area (Å²) in [6.07, 6.45) is 7.26. The molecule has 3 atom stereocenters. The van der Waals surface area contributed by atoms with Gasteiger partial charge < -0.3 is 4.90 Å². The predicted molar refractivity (Wildman–Crippen MR) is 141 cm³/mol. The minimum Gasteiger partial charge on any atom is -0.352 e. The highest BCUT2D eigenvalue weighted by Gasteiger charge is 2.71. The molecular formula is C32H22N2O3. The van der Waals surface area contributed by atoms with E-state index in [-0.39, 0.29) is 17.3 Å². The molecule has 0 unspecified atom stereocenters. The highest BCUT2D eigenvalue weighted by atomic mass is 16.2. The van der Waals surface area contributed by atoms with Gasteiger partial charge in [0, 0.05) is 40.7 Å². The lowest BCUT2D eigenvalue weighted by atomic mass is 9.64. The zero-order valence-electron chi connectivity index (χ0n) is 19.8. The van der Waals surface area contributed by atoms with Crippen LogP contribution in [-0.2, 0) is 0 Å². The van der Waals surface area contributed by atoms with Crippen molar-refractivity contribution in [3.63, 3.8) is 0 Å². The average molecular weight is 483 g/mol. The van der Waals surface area contributed by atoms with Crippen LogP contribution < -0.4 is 4.90 Å². The van der Waals surface area contributed by atoms with E-state index >= 15 is 0 Å². The molecule has 37 heavy (non-hydrogen) atoms. The lowest BCUT2D eigenvalue weighted by molar-refractivity contribution is 0.0666. The molecule has 5 heteroatoms. The van der Waals surface area contributed by atoms with Gasteiger partial charge in [0.2, 0.25) is 0 Å². The maximum absolute atomic E-state index is 14.5. The van der Waals surface area contributed by atoms with Gasteiger partial charge in [-0.1, -0.05) is 91.0 Å². The summed E-state index contributed by atoms with van der Waals surface area (Å²) in [5.74, 6) is -1.33. The molecular weight excluding hydrogens is 460 g/mol. The molecule has 1 spiro atoms. The molecule has 0 amide bonds. The van der Waals surface area contributed by atoms with E-state index in [1.54, 1.807) is 54.9 Å². The number of fused-ring (bicyclic) bond motifs is 5. The number of hydrogen-bond acceptors (Lipinski definition) is 5. The topological polar surface area (TPSA) is 67.3 Å². The van der Waals surface area contributed by atoms with E-state index in [2.05, 4.69) is 4.98 Å². The highest BCUT2D eigenvalue weighted by molar-refractivity contribution is 6.32. The molecule has 3 heterocycles. The van der Waals surface area contributed by atoms with Gasteiger partial charge in [0.25, 0.3) is 0 Å². The Kier molecular flexibility index (Phi) is 4.64. The molecule has 0 radical (unpaired) electrons. The summed E-state index contributed by atoms with van der Waals surface area (Å²) in [5, 5.41) is 0. The van der Waals surface area contributed by atoms with Crippen molar-refractivity contribution in [1.29, 1.82) is 0 Å². The maximum Gasteiger partial charge on any atom is 0.185 e. The number of Topliss-reactive ketones (excluding diaryl/α,β-unsaturated/α-hetero) is 3. The lowest BCUT2D eigenvalue weighted by Gasteiger charge is -2.37. The van der Waals surface area contributed by atoms with Gasteiger partial charge in [0.15, 0.2) is 17.3 Å².